The van der Waals surface area contributed by atoms with E-state index in [-0.39, 0.29) is 0 Å². The summed E-state index contributed by atoms with van der Waals surface area (Å²) in [5, 5.41) is 8.77. The minimum atomic E-state index is 0.489. The summed E-state index contributed by atoms with van der Waals surface area (Å²) in [5.41, 5.74) is 1.64. The van der Waals surface area contributed by atoms with Gasteiger partial charge in [-0.25, -0.2) is 4.98 Å². The molecule has 2 rings (SSSR count). The molecule has 0 aliphatic carbocycles. The summed E-state index contributed by atoms with van der Waals surface area (Å²) in [6.07, 6.45) is 2.78. The van der Waals surface area contributed by atoms with E-state index < -0.39 is 0 Å². The third-order valence-electron chi connectivity index (χ3n) is 2.66. The van der Waals surface area contributed by atoms with Crippen LogP contribution in [0.2, 0.25) is 0 Å². The zero-order valence-corrected chi connectivity index (χ0v) is 9.22. The first-order chi connectivity index (χ1) is 7.88. The molecule has 0 N–H and O–H groups in total. The van der Waals surface area contributed by atoms with E-state index in [4.69, 9.17) is 10.00 Å². The molecule has 1 saturated heterocycles. The van der Waals surface area contributed by atoms with E-state index in [1.165, 1.54) is 0 Å². The zero-order valence-electron chi connectivity index (χ0n) is 9.22. The normalized spacial score (nSPS) is 17.7. The molecule has 84 valence electrons. The number of ether oxygens (including phenoxy) is 1. The van der Waals surface area contributed by atoms with Crippen LogP contribution in [0.1, 0.15) is 17.7 Å². The summed E-state index contributed by atoms with van der Waals surface area (Å²) in [7, 11) is 0. The second-order valence-electron chi connectivity index (χ2n) is 3.90. The molecule has 2 heterocycles. The molecule has 0 saturated carbocycles. The molecular formula is C12H15N3O. The van der Waals surface area contributed by atoms with Crippen LogP contribution < -0.4 is 0 Å². The average Bonchev–Trinajstić information content (AvgIpc) is 2.58. The molecule has 0 atom stereocenters. The Balaban J connectivity index is 1.99. The third kappa shape index (κ3) is 3.02. The van der Waals surface area contributed by atoms with Gasteiger partial charge in [0.1, 0.15) is 11.8 Å². The highest BCUT2D eigenvalue weighted by Crippen LogP contribution is 2.08. The third-order valence-corrected chi connectivity index (χ3v) is 2.66. The molecule has 1 fully saturated rings. The highest BCUT2D eigenvalue weighted by atomic mass is 16.5. The van der Waals surface area contributed by atoms with Crippen molar-refractivity contribution in [1.29, 1.82) is 5.26 Å². The molecule has 4 heteroatoms. The average molecular weight is 217 g/mol. The Morgan fingerprint density at radius 3 is 3.25 bits per heavy atom. The Kier molecular flexibility index (Phi) is 3.86. The van der Waals surface area contributed by atoms with E-state index >= 15 is 0 Å². The Labute approximate surface area is 95.5 Å². The Morgan fingerprint density at radius 2 is 2.38 bits per heavy atom. The minimum absolute atomic E-state index is 0.489. The van der Waals surface area contributed by atoms with Gasteiger partial charge in [0.15, 0.2) is 0 Å². The van der Waals surface area contributed by atoms with Gasteiger partial charge in [-0.2, -0.15) is 5.26 Å². The summed E-state index contributed by atoms with van der Waals surface area (Å²) in [6.45, 7) is 4.56. The lowest BCUT2D eigenvalue weighted by Gasteiger charge is -2.18. The fourth-order valence-electron chi connectivity index (χ4n) is 1.85. The smallest absolute Gasteiger partial charge is 0.140 e. The second-order valence-corrected chi connectivity index (χ2v) is 3.90. The monoisotopic (exact) mass is 217 g/mol. The van der Waals surface area contributed by atoms with Gasteiger partial charge < -0.3 is 4.74 Å². The SMILES string of the molecule is N#Cc1cc(CN2CCCOCC2)ccn1. The number of nitriles is 1. The maximum absolute atomic E-state index is 8.77. The van der Waals surface area contributed by atoms with Crippen LogP contribution in [-0.2, 0) is 11.3 Å². The van der Waals surface area contributed by atoms with E-state index in [1.54, 1.807) is 6.20 Å². The van der Waals surface area contributed by atoms with E-state index in [0.717, 1.165) is 44.8 Å². The van der Waals surface area contributed by atoms with Gasteiger partial charge >= 0.3 is 0 Å². The van der Waals surface area contributed by atoms with Crippen molar-refractivity contribution < 1.29 is 4.74 Å². The van der Waals surface area contributed by atoms with Gasteiger partial charge in [0, 0.05) is 32.4 Å². The van der Waals surface area contributed by atoms with Gasteiger partial charge in [0.2, 0.25) is 0 Å². The standard InChI is InChI=1S/C12H15N3O/c13-9-12-8-11(2-3-14-12)10-15-4-1-6-16-7-5-15/h2-3,8H,1,4-7,10H2. The summed E-state index contributed by atoms with van der Waals surface area (Å²) in [4.78, 5) is 6.32. The lowest BCUT2D eigenvalue weighted by atomic mass is 10.2. The van der Waals surface area contributed by atoms with Gasteiger partial charge in [-0.3, -0.25) is 4.90 Å². The molecule has 4 nitrogen and oxygen atoms in total. The van der Waals surface area contributed by atoms with Crippen molar-refractivity contribution in [1.82, 2.24) is 9.88 Å². The minimum Gasteiger partial charge on any atom is -0.380 e. The van der Waals surface area contributed by atoms with Crippen LogP contribution in [0.15, 0.2) is 18.3 Å². The Morgan fingerprint density at radius 1 is 1.44 bits per heavy atom. The van der Waals surface area contributed by atoms with Crippen LogP contribution in [0.25, 0.3) is 0 Å². The van der Waals surface area contributed by atoms with E-state index in [2.05, 4.69) is 16.0 Å². The summed E-state index contributed by atoms with van der Waals surface area (Å²) >= 11 is 0. The predicted molar refractivity (Wildman–Crippen MR) is 59.7 cm³/mol. The molecule has 0 spiro atoms. The summed E-state index contributed by atoms with van der Waals surface area (Å²) < 4.78 is 5.40. The lowest BCUT2D eigenvalue weighted by Crippen LogP contribution is -2.25. The molecule has 0 amide bonds. The fraction of sp³-hybridized carbons (Fsp3) is 0.500. The van der Waals surface area contributed by atoms with E-state index in [1.807, 2.05) is 12.1 Å². The van der Waals surface area contributed by atoms with Gasteiger partial charge in [-0.05, 0) is 24.1 Å². The van der Waals surface area contributed by atoms with Crippen molar-refractivity contribution in [2.45, 2.75) is 13.0 Å². The van der Waals surface area contributed by atoms with Crippen molar-refractivity contribution in [3.63, 3.8) is 0 Å². The number of hydrogen-bond acceptors (Lipinski definition) is 4. The maximum Gasteiger partial charge on any atom is 0.140 e. The Hall–Kier alpha value is -1.44. The Bertz CT molecular complexity index is 378. The quantitative estimate of drug-likeness (QED) is 0.746. The van der Waals surface area contributed by atoms with Gasteiger partial charge in [-0.1, -0.05) is 0 Å². The van der Waals surface area contributed by atoms with Gasteiger partial charge in [0.25, 0.3) is 0 Å². The second kappa shape index (κ2) is 5.59. The predicted octanol–water partition coefficient (Wildman–Crippen LogP) is 1.18. The van der Waals surface area contributed by atoms with Crippen molar-refractivity contribution in [2.75, 3.05) is 26.3 Å². The van der Waals surface area contributed by atoms with Crippen molar-refractivity contribution in [3.8, 4) is 6.07 Å². The number of nitrogens with zero attached hydrogens (tertiary/aromatic N) is 3. The van der Waals surface area contributed by atoms with Crippen LogP contribution in [0, 0.1) is 11.3 Å². The molecule has 0 bridgehead atoms. The number of rotatable bonds is 2. The van der Waals surface area contributed by atoms with E-state index in [0.29, 0.717) is 5.69 Å². The first-order valence-electron chi connectivity index (χ1n) is 5.53. The summed E-state index contributed by atoms with van der Waals surface area (Å²) in [5.74, 6) is 0. The highest BCUT2D eigenvalue weighted by Gasteiger charge is 2.09. The highest BCUT2D eigenvalue weighted by molar-refractivity contribution is 5.25. The van der Waals surface area contributed by atoms with Crippen molar-refractivity contribution >= 4 is 0 Å². The topological polar surface area (TPSA) is 49.2 Å². The van der Waals surface area contributed by atoms with Crippen LogP contribution in [0.4, 0.5) is 0 Å². The van der Waals surface area contributed by atoms with Crippen LogP contribution in [0.3, 0.4) is 0 Å². The molecule has 1 aliphatic heterocycles. The number of aromatic nitrogens is 1. The number of pyridine rings is 1. The van der Waals surface area contributed by atoms with E-state index in [9.17, 15) is 0 Å². The van der Waals surface area contributed by atoms with Gasteiger partial charge in [-0.15, -0.1) is 0 Å². The first kappa shape index (κ1) is 11.1. The first-order valence-corrected chi connectivity index (χ1v) is 5.53. The maximum atomic E-state index is 8.77. The molecular weight excluding hydrogens is 202 g/mol. The lowest BCUT2D eigenvalue weighted by molar-refractivity contribution is 0.140. The summed E-state index contributed by atoms with van der Waals surface area (Å²) in [6, 6.07) is 5.88. The fourth-order valence-corrected chi connectivity index (χ4v) is 1.85. The van der Waals surface area contributed by atoms with Gasteiger partial charge in [0.05, 0.1) is 6.61 Å². The number of hydrogen-bond donors (Lipinski definition) is 0. The molecule has 0 radical (unpaired) electrons. The zero-order chi connectivity index (χ0) is 11.2. The largest absolute Gasteiger partial charge is 0.380 e. The molecule has 0 unspecified atom stereocenters. The molecule has 0 aromatic carbocycles. The van der Waals surface area contributed by atoms with Crippen molar-refractivity contribution in [2.24, 2.45) is 0 Å². The van der Waals surface area contributed by atoms with Crippen LogP contribution >= 0.6 is 0 Å². The molecule has 1 aromatic rings. The molecule has 16 heavy (non-hydrogen) atoms. The van der Waals surface area contributed by atoms with Crippen LogP contribution in [0.5, 0.6) is 0 Å². The van der Waals surface area contributed by atoms with Crippen molar-refractivity contribution in [3.05, 3.63) is 29.6 Å². The molecule has 1 aliphatic rings. The van der Waals surface area contributed by atoms with Crippen LogP contribution in [-0.4, -0.2) is 36.2 Å². The molecule has 1 aromatic heterocycles.